The molecule has 2 fully saturated rings. The fourth-order valence-electron chi connectivity index (χ4n) is 3.34. The van der Waals surface area contributed by atoms with Gasteiger partial charge in [0.15, 0.2) is 0 Å². The summed E-state index contributed by atoms with van der Waals surface area (Å²) in [5, 5.41) is 20.4. The average Bonchev–Trinajstić information content (AvgIpc) is 2.80. The molecule has 1 atom stereocenters. The van der Waals surface area contributed by atoms with E-state index in [0.29, 0.717) is 13.2 Å². The summed E-state index contributed by atoms with van der Waals surface area (Å²) >= 11 is 0. The third-order valence-electron chi connectivity index (χ3n) is 4.90. The standard InChI is InChI=1S/C13H24O3/c1-2-11-3-5-13(15,6-4-11)12(9-14)7-8-16-10-12/h11,14-15H,2-10H2,1H3. The van der Waals surface area contributed by atoms with Gasteiger partial charge in [-0.05, 0) is 38.0 Å². The Bertz CT molecular complexity index is 225. The van der Waals surface area contributed by atoms with E-state index >= 15 is 0 Å². The highest BCUT2D eigenvalue weighted by atomic mass is 16.5. The molecule has 1 aliphatic carbocycles. The lowest BCUT2D eigenvalue weighted by atomic mass is 9.63. The average molecular weight is 228 g/mol. The second kappa shape index (κ2) is 4.63. The van der Waals surface area contributed by atoms with Gasteiger partial charge in [0.05, 0.1) is 18.8 Å². The third kappa shape index (κ3) is 1.89. The van der Waals surface area contributed by atoms with Gasteiger partial charge < -0.3 is 14.9 Å². The molecule has 94 valence electrons. The zero-order valence-electron chi connectivity index (χ0n) is 10.2. The maximum atomic E-state index is 10.8. The van der Waals surface area contributed by atoms with E-state index in [4.69, 9.17) is 4.74 Å². The summed E-state index contributed by atoms with van der Waals surface area (Å²) in [5.74, 6) is 0.762. The van der Waals surface area contributed by atoms with E-state index in [-0.39, 0.29) is 12.0 Å². The van der Waals surface area contributed by atoms with Gasteiger partial charge in [-0.2, -0.15) is 0 Å². The molecule has 16 heavy (non-hydrogen) atoms. The van der Waals surface area contributed by atoms with E-state index in [1.54, 1.807) is 0 Å². The molecule has 0 aromatic rings. The molecule has 2 N–H and O–H groups in total. The Balaban J connectivity index is 2.07. The highest BCUT2D eigenvalue weighted by molar-refractivity contribution is 5.02. The van der Waals surface area contributed by atoms with Crippen LogP contribution in [0.4, 0.5) is 0 Å². The topological polar surface area (TPSA) is 49.7 Å². The van der Waals surface area contributed by atoms with Crippen LogP contribution in [0.5, 0.6) is 0 Å². The van der Waals surface area contributed by atoms with E-state index in [0.717, 1.165) is 38.0 Å². The Kier molecular flexibility index (Phi) is 3.57. The normalized spacial score (nSPS) is 44.8. The fourth-order valence-corrected chi connectivity index (χ4v) is 3.34. The molecule has 0 bridgehead atoms. The predicted molar refractivity (Wildman–Crippen MR) is 62.2 cm³/mol. The van der Waals surface area contributed by atoms with Crippen molar-refractivity contribution in [3.05, 3.63) is 0 Å². The number of aliphatic hydroxyl groups excluding tert-OH is 1. The minimum absolute atomic E-state index is 0.0558. The van der Waals surface area contributed by atoms with Crippen LogP contribution in [-0.4, -0.2) is 35.6 Å². The summed E-state index contributed by atoms with van der Waals surface area (Å²) in [4.78, 5) is 0. The Labute approximate surface area is 97.8 Å². The van der Waals surface area contributed by atoms with Crippen molar-refractivity contribution < 1.29 is 14.9 Å². The summed E-state index contributed by atoms with van der Waals surface area (Å²) in [6.07, 6.45) is 5.85. The summed E-state index contributed by atoms with van der Waals surface area (Å²) in [5.41, 5.74) is -1.07. The Morgan fingerprint density at radius 1 is 1.25 bits per heavy atom. The minimum atomic E-state index is -0.691. The molecule has 1 unspecified atom stereocenters. The van der Waals surface area contributed by atoms with Crippen LogP contribution >= 0.6 is 0 Å². The van der Waals surface area contributed by atoms with Crippen LogP contribution in [0.1, 0.15) is 45.4 Å². The number of ether oxygens (including phenoxy) is 1. The highest BCUT2D eigenvalue weighted by Crippen LogP contribution is 2.48. The lowest BCUT2D eigenvalue weighted by molar-refractivity contribution is -0.136. The van der Waals surface area contributed by atoms with E-state index in [2.05, 4.69) is 6.92 Å². The molecule has 0 aromatic carbocycles. The van der Waals surface area contributed by atoms with Gasteiger partial charge in [-0.3, -0.25) is 0 Å². The molecule has 0 spiro atoms. The van der Waals surface area contributed by atoms with E-state index in [1.807, 2.05) is 0 Å². The van der Waals surface area contributed by atoms with Gasteiger partial charge in [-0.1, -0.05) is 13.3 Å². The number of rotatable bonds is 3. The van der Waals surface area contributed by atoms with Crippen LogP contribution in [0.3, 0.4) is 0 Å². The van der Waals surface area contributed by atoms with Gasteiger partial charge in [0, 0.05) is 12.0 Å². The Morgan fingerprint density at radius 3 is 2.38 bits per heavy atom. The zero-order chi connectivity index (χ0) is 11.6. The molecular weight excluding hydrogens is 204 g/mol. The van der Waals surface area contributed by atoms with Crippen LogP contribution in [0.2, 0.25) is 0 Å². The second-order valence-electron chi connectivity index (χ2n) is 5.62. The van der Waals surface area contributed by atoms with Gasteiger partial charge in [0.25, 0.3) is 0 Å². The quantitative estimate of drug-likeness (QED) is 0.773. The van der Waals surface area contributed by atoms with Gasteiger partial charge >= 0.3 is 0 Å². The smallest absolute Gasteiger partial charge is 0.0748 e. The summed E-state index contributed by atoms with van der Waals surface area (Å²) in [6, 6.07) is 0. The number of hydrogen-bond donors (Lipinski definition) is 2. The molecule has 0 radical (unpaired) electrons. The molecule has 1 saturated heterocycles. The van der Waals surface area contributed by atoms with Crippen LogP contribution in [-0.2, 0) is 4.74 Å². The van der Waals surface area contributed by atoms with Crippen molar-refractivity contribution in [2.24, 2.45) is 11.3 Å². The highest BCUT2D eigenvalue weighted by Gasteiger charge is 2.53. The summed E-state index contributed by atoms with van der Waals surface area (Å²) < 4.78 is 5.40. The fraction of sp³-hybridized carbons (Fsp3) is 1.00. The molecule has 2 aliphatic rings. The summed E-state index contributed by atoms with van der Waals surface area (Å²) in [7, 11) is 0. The third-order valence-corrected chi connectivity index (χ3v) is 4.90. The molecule has 3 heteroatoms. The first kappa shape index (κ1) is 12.3. The van der Waals surface area contributed by atoms with Crippen LogP contribution < -0.4 is 0 Å². The van der Waals surface area contributed by atoms with Crippen molar-refractivity contribution in [3.8, 4) is 0 Å². The first-order chi connectivity index (χ1) is 7.66. The largest absolute Gasteiger partial charge is 0.396 e. The monoisotopic (exact) mass is 228 g/mol. The van der Waals surface area contributed by atoms with Crippen molar-refractivity contribution >= 4 is 0 Å². The molecule has 0 amide bonds. The lowest BCUT2D eigenvalue weighted by Gasteiger charge is -2.47. The summed E-state index contributed by atoms with van der Waals surface area (Å²) in [6.45, 7) is 3.48. The lowest BCUT2D eigenvalue weighted by Crippen LogP contribution is -2.53. The first-order valence-corrected chi connectivity index (χ1v) is 6.57. The molecule has 0 aromatic heterocycles. The molecule has 1 aliphatic heterocycles. The van der Waals surface area contributed by atoms with Crippen molar-refractivity contribution in [1.82, 2.24) is 0 Å². The molecule has 1 saturated carbocycles. The Morgan fingerprint density at radius 2 is 1.94 bits per heavy atom. The Hall–Kier alpha value is -0.120. The molecule has 1 heterocycles. The van der Waals surface area contributed by atoms with Gasteiger partial charge in [0.1, 0.15) is 0 Å². The molecular formula is C13H24O3. The number of aliphatic hydroxyl groups is 2. The SMILES string of the molecule is CCC1CCC(O)(C2(CO)CCOC2)CC1. The first-order valence-electron chi connectivity index (χ1n) is 6.57. The van der Waals surface area contributed by atoms with Gasteiger partial charge in [0.2, 0.25) is 0 Å². The van der Waals surface area contributed by atoms with E-state index in [1.165, 1.54) is 6.42 Å². The van der Waals surface area contributed by atoms with Crippen LogP contribution in [0.25, 0.3) is 0 Å². The second-order valence-corrected chi connectivity index (χ2v) is 5.62. The predicted octanol–water partition coefficient (Wildman–Crippen LogP) is 1.72. The van der Waals surface area contributed by atoms with E-state index in [9.17, 15) is 10.2 Å². The van der Waals surface area contributed by atoms with Crippen molar-refractivity contribution in [1.29, 1.82) is 0 Å². The molecule has 2 rings (SSSR count). The molecule has 3 nitrogen and oxygen atoms in total. The van der Waals surface area contributed by atoms with Gasteiger partial charge in [-0.15, -0.1) is 0 Å². The maximum absolute atomic E-state index is 10.8. The maximum Gasteiger partial charge on any atom is 0.0748 e. The van der Waals surface area contributed by atoms with Crippen LogP contribution in [0, 0.1) is 11.3 Å². The van der Waals surface area contributed by atoms with Crippen LogP contribution in [0.15, 0.2) is 0 Å². The number of hydrogen-bond acceptors (Lipinski definition) is 3. The minimum Gasteiger partial charge on any atom is -0.396 e. The van der Waals surface area contributed by atoms with Crippen molar-refractivity contribution in [3.63, 3.8) is 0 Å². The van der Waals surface area contributed by atoms with Crippen molar-refractivity contribution in [2.75, 3.05) is 19.8 Å². The van der Waals surface area contributed by atoms with Crippen molar-refractivity contribution in [2.45, 2.75) is 51.0 Å². The van der Waals surface area contributed by atoms with Gasteiger partial charge in [-0.25, -0.2) is 0 Å². The van der Waals surface area contributed by atoms with E-state index < -0.39 is 5.60 Å². The zero-order valence-corrected chi connectivity index (χ0v) is 10.2.